The van der Waals surface area contributed by atoms with Crippen LogP contribution in [0.25, 0.3) is 11.3 Å². The second-order valence-corrected chi connectivity index (χ2v) is 7.45. The van der Waals surface area contributed by atoms with Crippen molar-refractivity contribution in [1.29, 1.82) is 0 Å². The van der Waals surface area contributed by atoms with Crippen molar-refractivity contribution in [1.82, 2.24) is 24.9 Å². The molecule has 7 heteroatoms. The summed E-state index contributed by atoms with van der Waals surface area (Å²) >= 11 is 0. The van der Waals surface area contributed by atoms with Crippen LogP contribution in [0.1, 0.15) is 42.1 Å². The van der Waals surface area contributed by atoms with Gasteiger partial charge < -0.3 is 10.6 Å². The van der Waals surface area contributed by atoms with E-state index >= 15 is 0 Å². The fraction of sp³-hybridized carbons (Fsp3) is 0.588. The zero-order chi connectivity index (χ0) is 17.6. The van der Waals surface area contributed by atoms with Crippen molar-refractivity contribution in [2.75, 3.05) is 13.1 Å². The minimum atomic E-state index is -0.0761. The smallest absolute Gasteiger partial charge is 0.271 e. The van der Waals surface area contributed by atoms with Crippen molar-refractivity contribution in [3.8, 4) is 11.3 Å². The number of aromatic amines is 1. The third-order valence-electron chi connectivity index (χ3n) is 5.17. The predicted octanol–water partition coefficient (Wildman–Crippen LogP) is 1.63. The number of aromatic nitrogens is 4. The molecule has 3 N–H and O–H groups in total. The minimum absolute atomic E-state index is 0.0204. The molecule has 1 amide bonds. The van der Waals surface area contributed by atoms with E-state index in [1.54, 1.807) is 0 Å². The van der Waals surface area contributed by atoms with E-state index in [0.29, 0.717) is 18.8 Å². The van der Waals surface area contributed by atoms with Crippen molar-refractivity contribution < 1.29 is 4.79 Å². The number of carbonyl (C=O) groups is 1. The van der Waals surface area contributed by atoms with E-state index in [1.165, 1.54) is 0 Å². The largest absolute Gasteiger partial charge is 0.337 e. The number of likely N-dealkylation sites (tertiary alicyclic amines) is 1. The van der Waals surface area contributed by atoms with Crippen LogP contribution in [0.3, 0.4) is 0 Å². The average molecular weight is 330 g/mol. The van der Waals surface area contributed by atoms with Gasteiger partial charge in [0, 0.05) is 37.4 Å². The summed E-state index contributed by atoms with van der Waals surface area (Å²) in [5.41, 5.74) is 10.3. The molecule has 3 rings (SSSR count). The van der Waals surface area contributed by atoms with Crippen molar-refractivity contribution >= 4 is 5.91 Å². The van der Waals surface area contributed by atoms with Gasteiger partial charge in [-0.2, -0.15) is 10.2 Å². The summed E-state index contributed by atoms with van der Waals surface area (Å²) in [6.07, 6.45) is 0.820. The van der Waals surface area contributed by atoms with Gasteiger partial charge in [0.05, 0.1) is 11.4 Å². The highest BCUT2D eigenvalue weighted by Crippen LogP contribution is 2.29. The summed E-state index contributed by atoms with van der Waals surface area (Å²) in [6.45, 7) is 9.51. The highest BCUT2D eigenvalue weighted by molar-refractivity contribution is 5.93. The first-order valence-electron chi connectivity index (χ1n) is 8.31. The lowest BCUT2D eigenvalue weighted by atomic mass is 9.79. The zero-order valence-corrected chi connectivity index (χ0v) is 15.1. The van der Waals surface area contributed by atoms with Gasteiger partial charge in [0.25, 0.3) is 5.91 Å². The number of H-pyrrole nitrogens is 1. The molecule has 0 aromatic carbocycles. The molecule has 1 aliphatic heterocycles. The first-order valence-corrected chi connectivity index (χ1v) is 8.31. The molecule has 0 radical (unpaired) electrons. The van der Waals surface area contributed by atoms with E-state index in [-0.39, 0.29) is 17.4 Å². The van der Waals surface area contributed by atoms with E-state index in [4.69, 9.17) is 5.73 Å². The Bertz CT molecular complexity index is 772. The van der Waals surface area contributed by atoms with Crippen molar-refractivity contribution in [2.45, 2.75) is 40.2 Å². The molecule has 1 atom stereocenters. The van der Waals surface area contributed by atoms with Gasteiger partial charge in [-0.15, -0.1) is 0 Å². The Morgan fingerprint density at radius 3 is 2.71 bits per heavy atom. The molecule has 2 aromatic rings. The molecule has 1 unspecified atom stereocenters. The van der Waals surface area contributed by atoms with Crippen LogP contribution in [0.15, 0.2) is 6.07 Å². The van der Waals surface area contributed by atoms with Crippen LogP contribution in [0.4, 0.5) is 0 Å². The average Bonchev–Trinajstić information content (AvgIpc) is 3.07. The summed E-state index contributed by atoms with van der Waals surface area (Å²) < 4.78 is 1.83. The number of aryl methyl sites for hydroxylation is 2. The Labute approximate surface area is 142 Å². The molecule has 3 heterocycles. The van der Waals surface area contributed by atoms with Crippen LogP contribution in [0.5, 0.6) is 0 Å². The SMILES string of the molecule is Cc1nn(C)c(C)c1-c1cc(C(=O)N2CCC(N)C(C)(C)C2)[nH]n1. The molecule has 0 spiro atoms. The third kappa shape index (κ3) is 2.73. The standard InChI is InChI=1S/C17H26N6O/c1-10-15(11(2)22(5)21-10)12-8-13(20-19-12)16(24)23-7-6-14(18)17(3,4)9-23/h8,14H,6-7,9,18H2,1-5H3,(H,19,20). The van der Waals surface area contributed by atoms with Crippen LogP contribution in [0, 0.1) is 19.3 Å². The van der Waals surface area contributed by atoms with E-state index in [9.17, 15) is 4.79 Å². The van der Waals surface area contributed by atoms with Gasteiger partial charge in [0.2, 0.25) is 0 Å². The number of nitrogens with two attached hydrogens (primary N) is 1. The third-order valence-corrected chi connectivity index (χ3v) is 5.17. The number of rotatable bonds is 2. The molecule has 1 aliphatic rings. The molecule has 24 heavy (non-hydrogen) atoms. The molecular formula is C17H26N6O. The number of piperidine rings is 1. The van der Waals surface area contributed by atoms with Crippen LogP contribution in [0.2, 0.25) is 0 Å². The first-order chi connectivity index (χ1) is 11.2. The van der Waals surface area contributed by atoms with Crippen molar-refractivity contribution in [2.24, 2.45) is 18.2 Å². The summed E-state index contributed by atoms with van der Waals surface area (Å²) in [4.78, 5) is 14.7. The maximum atomic E-state index is 12.8. The second-order valence-electron chi connectivity index (χ2n) is 7.45. The number of hydrogen-bond donors (Lipinski definition) is 2. The van der Waals surface area contributed by atoms with Crippen molar-refractivity contribution in [3.63, 3.8) is 0 Å². The Morgan fingerprint density at radius 1 is 1.42 bits per heavy atom. The van der Waals surface area contributed by atoms with Gasteiger partial charge in [0.15, 0.2) is 0 Å². The molecule has 130 valence electrons. The molecule has 1 fully saturated rings. The first kappa shape index (κ1) is 16.7. The van der Waals surface area contributed by atoms with Gasteiger partial charge in [-0.3, -0.25) is 14.6 Å². The molecule has 7 nitrogen and oxygen atoms in total. The Kier molecular flexibility index (Phi) is 3.99. The lowest BCUT2D eigenvalue weighted by Crippen LogP contribution is -2.54. The molecule has 1 saturated heterocycles. The van der Waals surface area contributed by atoms with Gasteiger partial charge in [-0.1, -0.05) is 13.8 Å². The van der Waals surface area contributed by atoms with Crippen LogP contribution < -0.4 is 5.73 Å². The highest BCUT2D eigenvalue weighted by Gasteiger charge is 2.36. The molecule has 0 saturated carbocycles. The van der Waals surface area contributed by atoms with E-state index in [0.717, 1.165) is 29.1 Å². The zero-order valence-electron chi connectivity index (χ0n) is 15.1. The van der Waals surface area contributed by atoms with Crippen LogP contribution >= 0.6 is 0 Å². The van der Waals surface area contributed by atoms with Gasteiger partial charge in [-0.25, -0.2) is 0 Å². The van der Waals surface area contributed by atoms with Gasteiger partial charge in [0.1, 0.15) is 5.69 Å². The summed E-state index contributed by atoms with van der Waals surface area (Å²) in [7, 11) is 1.91. The highest BCUT2D eigenvalue weighted by atomic mass is 16.2. The topological polar surface area (TPSA) is 92.8 Å². The summed E-state index contributed by atoms with van der Waals surface area (Å²) in [6, 6.07) is 1.94. The quantitative estimate of drug-likeness (QED) is 0.875. The van der Waals surface area contributed by atoms with Crippen molar-refractivity contribution in [3.05, 3.63) is 23.1 Å². The molecule has 0 bridgehead atoms. The van der Waals surface area contributed by atoms with Crippen LogP contribution in [-0.4, -0.2) is 49.9 Å². The fourth-order valence-corrected chi connectivity index (χ4v) is 3.42. The normalized spacial score (nSPS) is 20.4. The van der Waals surface area contributed by atoms with E-state index < -0.39 is 0 Å². The number of hydrogen-bond acceptors (Lipinski definition) is 4. The molecule has 0 aliphatic carbocycles. The molecule has 2 aromatic heterocycles. The Balaban J connectivity index is 1.84. The Morgan fingerprint density at radius 2 is 2.12 bits per heavy atom. The van der Waals surface area contributed by atoms with E-state index in [2.05, 4.69) is 29.1 Å². The van der Waals surface area contributed by atoms with Gasteiger partial charge in [-0.05, 0) is 31.7 Å². The number of nitrogens with zero attached hydrogens (tertiary/aromatic N) is 4. The summed E-state index contributed by atoms with van der Waals surface area (Å²) in [5, 5.41) is 11.6. The lowest BCUT2D eigenvalue weighted by Gasteiger charge is -2.42. The van der Waals surface area contributed by atoms with Gasteiger partial charge >= 0.3 is 0 Å². The summed E-state index contributed by atoms with van der Waals surface area (Å²) in [5.74, 6) is -0.0204. The number of carbonyl (C=O) groups excluding carboxylic acids is 1. The van der Waals surface area contributed by atoms with E-state index in [1.807, 2.05) is 36.5 Å². The van der Waals surface area contributed by atoms with Crippen LogP contribution in [-0.2, 0) is 7.05 Å². The predicted molar refractivity (Wildman–Crippen MR) is 92.5 cm³/mol. The second kappa shape index (κ2) is 5.73. The Hall–Kier alpha value is -2.15. The molecular weight excluding hydrogens is 304 g/mol. The monoisotopic (exact) mass is 330 g/mol. The fourth-order valence-electron chi connectivity index (χ4n) is 3.42. The number of amides is 1. The lowest BCUT2D eigenvalue weighted by molar-refractivity contribution is 0.0527. The number of nitrogens with one attached hydrogen (secondary N) is 1. The maximum Gasteiger partial charge on any atom is 0.271 e. The maximum absolute atomic E-state index is 12.8. The minimum Gasteiger partial charge on any atom is -0.337 e.